The van der Waals surface area contributed by atoms with Crippen molar-refractivity contribution in [3.05, 3.63) is 29.0 Å². The van der Waals surface area contributed by atoms with Gasteiger partial charge < -0.3 is 0 Å². The summed E-state index contributed by atoms with van der Waals surface area (Å²) in [6.45, 7) is 1.91. The SMILES string of the molecule is Cc1cnc(-c2nc(C(=O)CCl)cs2)nc1. The minimum atomic E-state index is -0.184. The van der Waals surface area contributed by atoms with Gasteiger partial charge in [-0.15, -0.1) is 22.9 Å². The number of halogens is 1. The average molecular weight is 254 g/mol. The van der Waals surface area contributed by atoms with Crippen molar-refractivity contribution >= 4 is 28.7 Å². The lowest BCUT2D eigenvalue weighted by atomic mass is 10.3. The van der Waals surface area contributed by atoms with Crippen LogP contribution in [-0.2, 0) is 0 Å². The number of hydrogen-bond acceptors (Lipinski definition) is 5. The quantitative estimate of drug-likeness (QED) is 0.622. The van der Waals surface area contributed by atoms with Crippen molar-refractivity contribution in [2.45, 2.75) is 6.92 Å². The Morgan fingerprint density at radius 3 is 2.75 bits per heavy atom. The molecule has 0 spiro atoms. The van der Waals surface area contributed by atoms with Crippen molar-refractivity contribution in [2.24, 2.45) is 0 Å². The summed E-state index contributed by atoms with van der Waals surface area (Å²) in [7, 11) is 0. The van der Waals surface area contributed by atoms with Crippen LogP contribution in [-0.4, -0.2) is 26.6 Å². The fourth-order valence-electron chi connectivity index (χ4n) is 1.08. The van der Waals surface area contributed by atoms with E-state index in [0.717, 1.165) is 5.56 Å². The summed E-state index contributed by atoms with van der Waals surface area (Å²) in [5, 5.41) is 2.30. The van der Waals surface area contributed by atoms with E-state index in [4.69, 9.17) is 11.6 Å². The van der Waals surface area contributed by atoms with Gasteiger partial charge in [0, 0.05) is 17.8 Å². The lowest BCUT2D eigenvalue weighted by Gasteiger charge is -1.94. The molecule has 0 saturated carbocycles. The zero-order valence-electron chi connectivity index (χ0n) is 8.48. The van der Waals surface area contributed by atoms with Gasteiger partial charge in [0.15, 0.2) is 16.6 Å². The Hall–Kier alpha value is -1.33. The molecule has 82 valence electrons. The molecular weight excluding hydrogens is 246 g/mol. The molecule has 0 unspecified atom stereocenters. The molecule has 0 N–H and O–H groups in total. The van der Waals surface area contributed by atoms with Gasteiger partial charge in [0.25, 0.3) is 0 Å². The molecule has 0 aliphatic rings. The Balaban J connectivity index is 2.31. The molecule has 0 aromatic carbocycles. The van der Waals surface area contributed by atoms with Crippen molar-refractivity contribution < 1.29 is 4.79 Å². The fraction of sp³-hybridized carbons (Fsp3) is 0.200. The Labute approximate surface area is 101 Å². The van der Waals surface area contributed by atoms with Crippen molar-refractivity contribution in [1.29, 1.82) is 0 Å². The third-order valence-corrected chi connectivity index (χ3v) is 2.96. The van der Waals surface area contributed by atoms with E-state index in [2.05, 4.69) is 15.0 Å². The first-order chi connectivity index (χ1) is 7.70. The number of nitrogens with zero attached hydrogens (tertiary/aromatic N) is 3. The van der Waals surface area contributed by atoms with Crippen LogP contribution in [0.2, 0.25) is 0 Å². The molecule has 0 atom stereocenters. The first kappa shape index (κ1) is 11.2. The summed E-state index contributed by atoms with van der Waals surface area (Å²) >= 11 is 6.78. The molecular formula is C10H8ClN3OS. The zero-order valence-corrected chi connectivity index (χ0v) is 10.0. The molecule has 2 rings (SSSR count). The van der Waals surface area contributed by atoms with Crippen LogP contribution in [0.1, 0.15) is 16.1 Å². The first-order valence-corrected chi connectivity index (χ1v) is 5.96. The molecule has 6 heteroatoms. The van der Waals surface area contributed by atoms with Crippen LogP contribution in [0.15, 0.2) is 17.8 Å². The Morgan fingerprint density at radius 2 is 2.12 bits per heavy atom. The summed E-state index contributed by atoms with van der Waals surface area (Å²) in [5.74, 6) is 0.290. The van der Waals surface area contributed by atoms with E-state index in [1.807, 2.05) is 6.92 Å². The number of thiazole rings is 1. The maximum Gasteiger partial charge on any atom is 0.196 e. The Kier molecular flexibility index (Phi) is 3.26. The molecule has 2 heterocycles. The second kappa shape index (κ2) is 4.67. The van der Waals surface area contributed by atoms with E-state index in [1.54, 1.807) is 17.8 Å². The minimum absolute atomic E-state index is 0.0576. The lowest BCUT2D eigenvalue weighted by molar-refractivity contribution is 0.101. The number of aryl methyl sites for hydroxylation is 1. The highest BCUT2D eigenvalue weighted by Crippen LogP contribution is 2.20. The smallest absolute Gasteiger partial charge is 0.196 e. The number of ketones is 1. The minimum Gasteiger partial charge on any atom is -0.291 e. The summed E-state index contributed by atoms with van der Waals surface area (Å²) in [5.41, 5.74) is 1.36. The van der Waals surface area contributed by atoms with E-state index in [9.17, 15) is 4.79 Å². The summed E-state index contributed by atoms with van der Waals surface area (Å²) in [4.78, 5) is 23.7. The molecule has 0 amide bonds. The van der Waals surface area contributed by atoms with E-state index in [0.29, 0.717) is 16.5 Å². The molecule has 0 aliphatic heterocycles. The summed E-state index contributed by atoms with van der Waals surface area (Å²) in [6.07, 6.45) is 3.43. The number of aromatic nitrogens is 3. The maximum atomic E-state index is 11.3. The number of carbonyl (C=O) groups is 1. The summed E-state index contributed by atoms with van der Waals surface area (Å²) in [6, 6.07) is 0. The molecule has 0 radical (unpaired) electrons. The van der Waals surface area contributed by atoms with Crippen LogP contribution >= 0.6 is 22.9 Å². The van der Waals surface area contributed by atoms with Gasteiger partial charge in [-0.05, 0) is 12.5 Å². The van der Waals surface area contributed by atoms with E-state index >= 15 is 0 Å². The highest BCUT2D eigenvalue weighted by molar-refractivity contribution is 7.13. The molecule has 0 bridgehead atoms. The monoisotopic (exact) mass is 253 g/mol. The van der Waals surface area contributed by atoms with Gasteiger partial charge in [-0.2, -0.15) is 0 Å². The third kappa shape index (κ3) is 2.25. The van der Waals surface area contributed by atoms with Gasteiger partial charge in [0.2, 0.25) is 0 Å². The standard InChI is InChI=1S/C10H8ClN3OS/c1-6-3-12-9(13-4-6)10-14-7(5-16-10)8(15)2-11/h3-5H,2H2,1H3. The van der Waals surface area contributed by atoms with Crippen LogP contribution in [0.25, 0.3) is 10.8 Å². The molecule has 0 fully saturated rings. The predicted molar refractivity (Wildman–Crippen MR) is 62.9 cm³/mol. The van der Waals surface area contributed by atoms with Gasteiger partial charge in [-0.3, -0.25) is 4.79 Å². The van der Waals surface area contributed by atoms with Crippen LogP contribution in [0.3, 0.4) is 0 Å². The van der Waals surface area contributed by atoms with Crippen molar-refractivity contribution in [1.82, 2.24) is 15.0 Å². The van der Waals surface area contributed by atoms with Gasteiger partial charge in [-0.25, -0.2) is 15.0 Å². The molecule has 0 aliphatic carbocycles. The zero-order chi connectivity index (χ0) is 11.5. The van der Waals surface area contributed by atoms with E-state index < -0.39 is 0 Å². The van der Waals surface area contributed by atoms with E-state index in [-0.39, 0.29) is 11.7 Å². The molecule has 2 aromatic heterocycles. The number of hydrogen-bond donors (Lipinski definition) is 0. The third-order valence-electron chi connectivity index (χ3n) is 1.88. The number of rotatable bonds is 3. The second-order valence-corrected chi connectivity index (χ2v) is 4.30. The Morgan fingerprint density at radius 1 is 1.44 bits per heavy atom. The van der Waals surface area contributed by atoms with Gasteiger partial charge in [-0.1, -0.05) is 0 Å². The molecule has 0 saturated heterocycles. The molecule has 4 nitrogen and oxygen atoms in total. The maximum absolute atomic E-state index is 11.3. The average Bonchev–Trinajstić information content (AvgIpc) is 2.78. The highest BCUT2D eigenvalue weighted by Gasteiger charge is 2.11. The van der Waals surface area contributed by atoms with Gasteiger partial charge in [0.05, 0.1) is 5.88 Å². The van der Waals surface area contributed by atoms with Crippen LogP contribution in [0.5, 0.6) is 0 Å². The predicted octanol–water partition coefficient (Wildman–Crippen LogP) is 2.33. The van der Waals surface area contributed by atoms with Gasteiger partial charge >= 0.3 is 0 Å². The van der Waals surface area contributed by atoms with Crippen molar-refractivity contribution in [3.8, 4) is 10.8 Å². The number of Topliss-reactive ketones (excluding diaryl/α,β-unsaturated/α-hetero) is 1. The fourth-order valence-corrected chi connectivity index (χ4v) is 1.98. The topological polar surface area (TPSA) is 55.7 Å². The van der Waals surface area contributed by atoms with E-state index in [1.165, 1.54) is 11.3 Å². The van der Waals surface area contributed by atoms with Crippen molar-refractivity contribution in [2.75, 3.05) is 5.88 Å². The normalized spacial score (nSPS) is 10.4. The second-order valence-electron chi connectivity index (χ2n) is 3.18. The summed E-state index contributed by atoms with van der Waals surface area (Å²) < 4.78 is 0. The van der Waals surface area contributed by atoms with Gasteiger partial charge in [0.1, 0.15) is 5.69 Å². The molecule has 16 heavy (non-hydrogen) atoms. The molecule has 2 aromatic rings. The largest absolute Gasteiger partial charge is 0.291 e. The number of alkyl halides is 1. The highest BCUT2D eigenvalue weighted by atomic mass is 35.5. The lowest BCUT2D eigenvalue weighted by Crippen LogP contribution is -2.00. The van der Waals surface area contributed by atoms with Crippen LogP contribution in [0, 0.1) is 6.92 Å². The first-order valence-electron chi connectivity index (χ1n) is 4.54. The number of carbonyl (C=O) groups excluding carboxylic acids is 1. The van der Waals surface area contributed by atoms with Crippen molar-refractivity contribution in [3.63, 3.8) is 0 Å². The van der Waals surface area contributed by atoms with Crippen LogP contribution < -0.4 is 0 Å². The van der Waals surface area contributed by atoms with Crippen LogP contribution in [0.4, 0.5) is 0 Å². The Bertz CT molecular complexity index is 509.